The number of amides is 1. The van der Waals surface area contributed by atoms with E-state index in [0.717, 1.165) is 59.0 Å². The van der Waals surface area contributed by atoms with Gasteiger partial charge in [-0.1, -0.05) is 24.3 Å². The number of anilines is 1. The molecule has 0 spiro atoms. The molecule has 206 valence electrons. The number of methoxy groups -OCH3 is 1. The van der Waals surface area contributed by atoms with Crippen LogP contribution in [0.4, 0.5) is 5.69 Å². The molecule has 1 unspecified atom stereocenters. The zero-order chi connectivity index (χ0) is 27.5. The van der Waals surface area contributed by atoms with E-state index in [2.05, 4.69) is 17.2 Å². The molecule has 1 atom stereocenters. The number of para-hydroxylation sites is 2. The van der Waals surface area contributed by atoms with E-state index in [1.807, 2.05) is 65.6 Å². The van der Waals surface area contributed by atoms with E-state index in [1.165, 1.54) is 0 Å². The number of carbonyl (C=O) groups excluding carboxylic acids is 1. The summed E-state index contributed by atoms with van der Waals surface area (Å²) in [4.78, 5) is 20.0. The van der Waals surface area contributed by atoms with Gasteiger partial charge in [-0.3, -0.25) is 4.79 Å². The van der Waals surface area contributed by atoms with Crippen molar-refractivity contribution >= 4 is 22.6 Å². The number of nitrogens with zero attached hydrogens (tertiary/aromatic N) is 3. The van der Waals surface area contributed by atoms with Gasteiger partial charge in [0.2, 0.25) is 5.91 Å². The largest absolute Gasteiger partial charge is 0.493 e. The van der Waals surface area contributed by atoms with Gasteiger partial charge in [-0.15, -0.1) is 6.58 Å². The van der Waals surface area contributed by atoms with Crippen LogP contribution in [0.15, 0.2) is 73.3 Å². The number of aromatic nitrogens is 2. The molecule has 1 aromatic heterocycles. The normalized spacial score (nSPS) is 16.4. The lowest BCUT2D eigenvalue weighted by Gasteiger charge is -2.22. The highest BCUT2D eigenvalue weighted by molar-refractivity contribution is 5.97. The van der Waals surface area contributed by atoms with E-state index in [1.54, 1.807) is 7.11 Å². The first-order valence-corrected chi connectivity index (χ1v) is 13.7. The number of carbonyl (C=O) groups is 1. The van der Waals surface area contributed by atoms with E-state index < -0.39 is 0 Å². The second-order valence-electron chi connectivity index (χ2n) is 10.0. The molecule has 2 aliphatic rings. The first-order valence-electron chi connectivity index (χ1n) is 13.7. The minimum atomic E-state index is -0.0217. The summed E-state index contributed by atoms with van der Waals surface area (Å²) >= 11 is 0. The highest BCUT2D eigenvalue weighted by atomic mass is 16.6. The van der Waals surface area contributed by atoms with Crippen molar-refractivity contribution in [2.45, 2.75) is 31.7 Å². The molecule has 0 saturated carbocycles. The predicted molar refractivity (Wildman–Crippen MR) is 154 cm³/mol. The first-order chi connectivity index (χ1) is 19.6. The summed E-state index contributed by atoms with van der Waals surface area (Å²) in [5.41, 5.74) is 3.95. The van der Waals surface area contributed by atoms with Crippen molar-refractivity contribution in [2.24, 2.45) is 0 Å². The van der Waals surface area contributed by atoms with E-state index in [0.29, 0.717) is 44.3 Å². The Hall–Kier alpha value is -4.46. The van der Waals surface area contributed by atoms with Gasteiger partial charge < -0.3 is 28.4 Å². The monoisotopic (exact) mass is 539 g/mol. The van der Waals surface area contributed by atoms with Crippen molar-refractivity contribution in [2.75, 3.05) is 38.4 Å². The molecule has 6 rings (SSSR count). The molecule has 0 bridgehead atoms. The van der Waals surface area contributed by atoms with Crippen molar-refractivity contribution in [1.29, 1.82) is 0 Å². The smallest absolute Gasteiger partial charge is 0.227 e. The van der Waals surface area contributed by atoms with Crippen LogP contribution < -0.4 is 23.8 Å². The summed E-state index contributed by atoms with van der Waals surface area (Å²) in [6.07, 6.45) is 3.83. The van der Waals surface area contributed by atoms with Crippen LogP contribution in [-0.4, -0.2) is 48.9 Å². The number of benzene rings is 3. The highest BCUT2D eigenvalue weighted by Crippen LogP contribution is 2.38. The molecule has 8 heteroatoms. The van der Waals surface area contributed by atoms with Gasteiger partial charge in [0.05, 0.1) is 24.8 Å². The number of ether oxygens (including phenoxy) is 4. The number of fused-ring (bicyclic) bond motifs is 2. The fourth-order valence-corrected chi connectivity index (χ4v) is 5.50. The Labute approximate surface area is 233 Å². The predicted octanol–water partition coefficient (Wildman–Crippen LogP) is 5.53. The van der Waals surface area contributed by atoms with Crippen LogP contribution in [0.5, 0.6) is 23.0 Å². The van der Waals surface area contributed by atoms with Gasteiger partial charge in [-0.05, 0) is 54.8 Å². The maximum absolute atomic E-state index is 13.2. The number of allylic oxidation sites excluding steroid dienone is 1. The average Bonchev–Trinajstić information content (AvgIpc) is 3.56. The molecule has 1 saturated heterocycles. The van der Waals surface area contributed by atoms with Crippen LogP contribution >= 0.6 is 0 Å². The summed E-state index contributed by atoms with van der Waals surface area (Å²) in [7, 11) is 1.65. The topological polar surface area (TPSA) is 75.1 Å². The molecular formula is C32H33N3O5. The lowest BCUT2D eigenvalue weighted by atomic mass is 10.1. The average molecular weight is 540 g/mol. The Morgan fingerprint density at radius 3 is 2.75 bits per heavy atom. The second kappa shape index (κ2) is 11.3. The summed E-state index contributed by atoms with van der Waals surface area (Å²) in [6.45, 7) is 6.66. The summed E-state index contributed by atoms with van der Waals surface area (Å²) in [5, 5.41) is 0. The van der Waals surface area contributed by atoms with Crippen LogP contribution in [-0.2, 0) is 17.8 Å². The van der Waals surface area contributed by atoms with E-state index in [9.17, 15) is 4.79 Å². The van der Waals surface area contributed by atoms with Crippen molar-refractivity contribution in [1.82, 2.24) is 9.55 Å². The van der Waals surface area contributed by atoms with E-state index >= 15 is 0 Å². The Bertz CT molecular complexity index is 1550. The second-order valence-corrected chi connectivity index (χ2v) is 10.0. The number of rotatable bonds is 10. The Kier molecular flexibility index (Phi) is 7.31. The van der Waals surface area contributed by atoms with Gasteiger partial charge >= 0.3 is 0 Å². The minimum Gasteiger partial charge on any atom is -0.493 e. The number of hydrogen-bond donors (Lipinski definition) is 0. The fourth-order valence-electron chi connectivity index (χ4n) is 5.50. The molecule has 4 aromatic rings. The molecule has 0 N–H and O–H groups in total. The molecule has 40 heavy (non-hydrogen) atoms. The van der Waals surface area contributed by atoms with Crippen molar-refractivity contribution in [3.8, 4) is 23.0 Å². The number of hydrogen-bond acceptors (Lipinski definition) is 6. The molecule has 0 radical (unpaired) electrons. The van der Waals surface area contributed by atoms with Gasteiger partial charge in [0.15, 0.2) is 23.0 Å². The highest BCUT2D eigenvalue weighted by Gasteiger charge is 2.35. The first kappa shape index (κ1) is 25.8. The number of imidazole rings is 1. The lowest BCUT2D eigenvalue weighted by Crippen LogP contribution is -2.25. The summed E-state index contributed by atoms with van der Waals surface area (Å²) < 4.78 is 25.3. The molecule has 1 amide bonds. The van der Waals surface area contributed by atoms with Crippen molar-refractivity contribution < 1.29 is 23.7 Å². The van der Waals surface area contributed by atoms with E-state index in [-0.39, 0.29) is 11.8 Å². The van der Waals surface area contributed by atoms with Gasteiger partial charge in [0.1, 0.15) is 19.0 Å². The molecule has 3 aromatic carbocycles. The molecule has 1 fully saturated rings. The van der Waals surface area contributed by atoms with Gasteiger partial charge in [-0.2, -0.15) is 0 Å². The molecular weight excluding hydrogens is 506 g/mol. The number of aryl methyl sites for hydroxylation is 1. The van der Waals surface area contributed by atoms with Crippen LogP contribution in [0, 0.1) is 0 Å². The van der Waals surface area contributed by atoms with Gasteiger partial charge in [-0.25, -0.2) is 4.98 Å². The molecule has 8 nitrogen and oxygen atoms in total. The van der Waals surface area contributed by atoms with E-state index in [4.69, 9.17) is 23.9 Å². The van der Waals surface area contributed by atoms with Crippen LogP contribution in [0.2, 0.25) is 0 Å². The Morgan fingerprint density at radius 1 is 1.05 bits per heavy atom. The third-order valence-electron chi connectivity index (χ3n) is 7.40. The standard InChI is InChI=1S/C32H33N3O5/c1-3-7-22-10-12-27(29(18-22)37-2)38-15-6-14-34-26-9-5-4-8-25(26)33-32(34)23-19-31(36)35(21-23)24-11-13-28-30(20-24)40-17-16-39-28/h3-5,8-13,18,20,23H,1,6-7,14-17,19,21H2,2H3. The minimum absolute atomic E-state index is 0.0217. The maximum atomic E-state index is 13.2. The SMILES string of the molecule is C=CCc1ccc(OCCCn2c(C3CC(=O)N(c4ccc5c(c4)OCCO5)C3)nc3ccccc32)c(OC)c1. The molecule has 2 aliphatic heterocycles. The zero-order valence-corrected chi connectivity index (χ0v) is 22.7. The Morgan fingerprint density at radius 2 is 1.90 bits per heavy atom. The van der Waals surface area contributed by atoms with Gasteiger partial charge in [0, 0.05) is 37.2 Å². The summed E-state index contributed by atoms with van der Waals surface area (Å²) in [6, 6.07) is 19.8. The summed E-state index contributed by atoms with van der Waals surface area (Å²) in [5.74, 6) is 3.83. The fraction of sp³-hybridized carbons (Fsp3) is 0.312. The van der Waals surface area contributed by atoms with Crippen LogP contribution in [0.25, 0.3) is 11.0 Å². The third-order valence-corrected chi connectivity index (χ3v) is 7.40. The van der Waals surface area contributed by atoms with Gasteiger partial charge in [0.25, 0.3) is 0 Å². The van der Waals surface area contributed by atoms with Crippen molar-refractivity contribution in [3.63, 3.8) is 0 Å². The zero-order valence-electron chi connectivity index (χ0n) is 22.7. The quantitative estimate of drug-likeness (QED) is 0.195. The molecule has 0 aliphatic carbocycles. The lowest BCUT2D eigenvalue weighted by molar-refractivity contribution is -0.117. The van der Waals surface area contributed by atoms with Crippen LogP contribution in [0.1, 0.15) is 30.1 Å². The maximum Gasteiger partial charge on any atom is 0.227 e. The van der Waals surface area contributed by atoms with Crippen LogP contribution in [0.3, 0.4) is 0 Å². The Balaban J connectivity index is 1.18. The van der Waals surface area contributed by atoms with Crippen molar-refractivity contribution in [3.05, 3.63) is 84.7 Å². The molecule has 3 heterocycles. The third kappa shape index (κ3) is 5.09.